The van der Waals surface area contributed by atoms with Crippen molar-refractivity contribution in [3.05, 3.63) is 20.1 Å². The van der Waals surface area contributed by atoms with Crippen LogP contribution in [-0.2, 0) is 0 Å². The van der Waals surface area contributed by atoms with E-state index in [-0.39, 0.29) is 20.1 Å². The number of rotatable bonds is 0. The van der Waals surface area contributed by atoms with Gasteiger partial charge in [0, 0.05) is 20.1 Å². The Hall–Kier alpha value is 0.560. The molecule has 0 radical (unpaired) electrons. The predicted octanol–water partition coefficient (Wildman–Crippen LogP) is 0.836. The van der Waals surface area contributed by atoms with Crippen LogP contribution in [0.3, 0.4) is 0 Å². The average molecular weight is 248 g/mol. The summed E-state index contributed by atoms with van der Waals surface area (Å²) in [5.74, 6) is 0. The highest BCUT2D eigenvalue weighted by Crippen LogP contribution is 2.35. The van der Waals surface area contributed by atoms with Crippen LogP contribution in [0, 0.1) is 0 Å². The van der Waals surface area contributed by atoms with Crippen molar-refractivity contribution in [2.45, 2.75) is 12.2 Å². The van der Waals surface area contributed by atoms with Crippen molar-refractivity contribution >= 4 is 46.4 Å². The largest absolute Gasteiger partial charge is 0.844 e. The Bertz CT molecular complexity index is 219. The van der Waals surface area contributed by atoms with Crippen molar-refractivity contribution < 1.29 is 10.2 Å². The fraction of sp³-hybridized carbons (Fsp3) is 0.333. The predicted molar refractivity (Wildman–Crippen MR) is 45.0 cm³/mol. The summed E-state index contributed by atoms with van der Waals surface area (Å²) in [6.07, 6.45) is -3.03. The number of hydrogen-bond acceptors (Lipinski definition) is 2. The highest BCUT2D eigenvalue weighted by molar-refractivity contribution is 6.46. The molecule has 0 N–H and O–H groups in total. The molecule has 1 aliphatic rings. The lowest BCUT2D eigenvalue weighted by Crippen LogP contribution is -2.38. The van der Waals surface area contributed by atoms with Gasteiger partial charge in [0.2, 0.25) is 0 Å². The molecule has 12 heavy (non-hydrogen) atoms. The number of hydrogen-bond donors (Lipinski definition) is 0. The third kappa shape index (κ3) is 1.60. The minimum atomic E-state index is -1.52. The molecule has 0 saturated carbocycles. The van der Waals surface area contributed by atoms with Crippen LogP contribution in [-0.4, -0.2) is 12.2 Å². The van der Waals surface area contributed by atoms with E-state index in [4.69, 9.17) is 46.4 Å². The molecule has 0 bridgehead atoms. The van der Waals surface area contributed by atoms with Gasteiger partial charge >= 0.3 is 0 Å². The van der Waals surface area contributed by atoms with Crippen molar-refractivity contribution in [2.75, 3.05) is 0 Å². The van der Waals surface area contributed by atoms with E-state index in [1.165, 1.54) is 0 Å². The van der Waals surface area contributed by atoms with E-state index in [0.29, 0.717) is 0 Å². The molecule has 0 amide bonds. The van der Waals surface area contributed by atoms with Crippen LogP contribution < -0.4 is 10.2 Å². The SMILES string of the molecule is [O-]C1C(Cl)=C(Cl)C([O-])C(Cl)=C1Cl. The van der Waals surface area contributed by atoms with E-state index >= 15 is 0 Å². The molecule has 0 saturated heterocycles. The van der Waals surface area contributed by atoms with E-state index in [1.807, 2.05) is 0 Å². The Balaban J connectivity index is 3.13. The summed E-state index contributed by atoms with van der Waals surface area (Å²) in [5.41, 5.74) is 0. The van der Waals surface area contributed by atoms with Crippen molar-refractivity contribution in [3.8, 4) is 0 Å². The summed E-state index contributed by atoms with van der Waals surface area (Å²) in [6.45, 7) is 0. The molecule has 0 heterocycles. The van der Waals surface area contributed by atoms with Gasteiger partial charge in [0.15, 0.2) is 0 Å². The van der Waals surface area contributed by atoms with Gasteiger partial charge in [0.1, 0.15) is 0 Å². The maximum atomic E-state index is 11.1. The normalized spacial score (nSPS) is 31.5. The minimum Gasteiger partial charge on any atom is -0.844 e. The molecule has 1 aliphatic carbocycles. The smallest absolute Gasteiger partial charge is 0.0236 e. The molecule has 6 heteroatoms. The first kappa shape index (κ1) is 10.6. The highest BCUT2D eigenvalue weighted by atomic mass is 35.5. The van der Waals surface area contributed by atoms with Crippen molar-refractivity contribution in [2.24, 2.45) is 0 Å². The van der Waals surface area contributed by atoms with Crippen LogP contribution in [0.1, 0.15) is 0 Å². The molecule has 0 aromatic rings. The van der Waals surface area contributed by atoms with Crippen LogP contribution in [0.2, 0.25) is 0 Å². The van der Waals surface area contributed by atoms with Gasteiger partial charge in [0.05, 0.1) is 0 Å². The fourth-order valence-electron chi connectivity index (χ4n) is 0.723. The molecule has 0 aromatic carbocycles. The van der Waals surface area contributed by atoms with Gasteiger partial charge in [-0.3, -0.25) is 0 Å². The second-order valence-corrected chi connectivity index (χ2v) is 3.78. The zero-order valence-corrected chi connectivity index (χ0v) is 8.51. The maximum Gasteiger partial charge on any atom is 0.0236 e. The van der Waals surface area contributed by atoms with E-state index in [0.717, 1.165) is 0 Å². The Morgan fingerprint density at radius 2 is 0.833 bits per heavy atom. The summed E-state index contributed by atoms with van der Waals surface area (Å²) < 4.78 is 0. The highest BCUT2D eigenvalue weighted by Gasteiger charge is 2.21. The summed E-state index contributed by atoms with van der Waals surface area (Å²) in [7, 11) is 0. The van der Waals surface area contributed by atoms with Crippen LogP contribution in [0.25, 0.3) is 0 Å². The monoisotopic (exact) mass is 246 g/mol. The van der Waals surface area contributed by atoms with Crippen LogP contribution in [0.4, 0.5) is 0 Å². The summed E-state index contributed by atoms with van der Waals surface area (Å²) in [4.78, 5) is 0. The molecule has 68 valence electrons. The lowest BCUT2D eigenvalue weighted by molar-refractivity contribution is -0.404. The van der Waals surface area contributed by atoms with Gasteiger partial charge in [0.25, 0.3) is 0 Å². The zero-order chi connectivity index (χ0) is 9.46. The molecule has 0 aliphatic heterocycles. The van der Waals surface area contributed by atoms with Gasteiger partial charge in [-0.2, -0.15) is 0 Å². The Morgan fingerprint density at radius 3 is 1.00 bits per heavy atom. The van der Waals surface area contributed by atoms with E-state index in [9.17, 15) is 10.2 Å². The van der Waals surface area contributed by atoms with Crippen LogP contribution >= 0.6 is 46.4 Å². The summed E-state index contributed by atoms with van der Waals surface area (Å²) >= 11 is 21.7. The van der Waals surface area contributed by atoms with Gasteiger partial charge in [-0.25, -0.2) is 0 Å². The molecular formula is C6H2Cl4O2-2. The van der Waals surface area contributed by atoms with Crippen molar-refractivity contribution in [3.63, 3.8) is 0 Å². The average Bonchev–Trinajstić information content (AvgIpc) is 2.08. The van der Waals surface area contributed by atoms with Gasteiger partial charge < -0.3 is 10.2 Å². The molecule has 0 fully saturated rings. The molecule has 0 spiro atoms. The minimum absolute atomic E-state index is 0.272. The van der Waals surface area contributed by atoms with Crippen molar-refractivity contribution in [1.82, 2.24) is 0 Å². The van der Waals surface area contributed by atoms with E-state index in [2.05, 4.69) is 0 Å². The topological polar surface area (TPSA) is 46.1 Å². The van der Waals surface area contributed by atoms with Crippen LogP contribution in [0.5, 0.6) is 0 Å². The zero-order valence-electron chi connectivity index (χ0n) is 5.48. The molecule has 0 unspecified atom stereocenters. The Labute approximate surface area is 89.0 Å². The summed E-state index contributed by atoms with van der Waals surface area (Å²) in [6, 6.07) is 0. The lowest BCUT2D eigenvalue weighted by atomic mass is 10.1. The first-order valence-electron chi connectivity index (χ1n) is 2.88. The standard InChI is InChI=1S/C6H2Cl4O2/c7-1-2(8)6(12)4(10)3(9)5(1)11/h5-6H/q-2. The first-order chi connectivity index (χ1) is 5.46. The second-order valence-electron chi connectivity index (χ2n) is 2.15. The molecular weight excluding hydrogens is 246 g/mol. The molecule has 1 rings (SSSR count). The third-order valence-corrected chi connectivity index (χ3v) is 3.18. The van der Waals surface area contributed by atoms with E-state index < -0.39 is 12.2 Å². The quantitative estimate of drug-likeness (QED) is 0.637. The Kier molecular flexibility index (Phi) is 3.32. The van der Waals surface area contributed by atoms with E-state index in [1.54, 1.807) is 0 Å². The number of halogens is 4. The van der Waals surface area contributed by atoms with Gasteiger partial charge in [-0.15, -0.1) is 0 Å². The molecule has 2 nitrogen and oxygen atoms in total. The Morgan fingerprint density at radius 1 is 0.667 bits per heavy atom. The maximum absolute atomic E-state index is 11.1. The van der Waals surface area contributed by atoms with Crippen molar-refractivity contribution in [1.29, 1.82) is 0 Å². The van der Waals surface area contributed by atoms with Crippen LogP contribution in [0.15, 0.2) is 20.1 Å². The lowest BCUT2D eigenvalue weighted by Gasteiger charge is -2.35. The van der Waals surface area contributed by atoms with Gasteiger partial charge in [-0.1, -0.05) is 46.4 Å². The fourth-order valence-corrected chi connectivity index (χ4v) is 1.67. The first-order valence-corrected chi connectivity index (χ1v) is 4.39. The third-order valence-electron chi connectivity index (χ3n) is 1.38. The second kappa shape index (κ2) is 3.74. The molecule has 0 atom stereocenters. The summed E-state index contributed by atoms with van der Waals surface area (Å²) in [5, 5.41) is 21.1. The van der Waals surface area contributed by atoms with Gasteiger partial charge in [-0.05, 0) is 12.2 Å². The molecule has 0 aromatic heterocycles.